The van der Waals surface area contributed by atoms with Crippen molar-refractivity contribution in [3.8, 4) is 0 Å². The second kappa shape index (κ2) is 5.59. The number of hydrogen-bond acceptors (Lipinski definition) is 2. The summed E-state index contributed by atoms with van der Waals surface area (Å²) < 4.78 is 4.92. The highest BCUT2D eigenvalue weighted by Crippen LogP contribution is 1.97. The molecule has 0 amide bonds. The van der Waals surface area contributed by atoms with E-state index in [0.717, 1.165) is 18.5 Å². The Balaban J connectivity index is 2.15. The Morgan fingerprint density at radius 1 is 1.54 bits per heavy atom. The minimum Gasteiger partial charge on any atom is -0.472 e. The summed E-state index contributed by atoms with van der Waals surface area (Å²) in [4.78, 5) is 0. The van der Waals surface area contributed by atoms with Crippen molar-refractivity contribution in [3.63, 3.8) is 0 Å². The molecule has 0 unspecified atom stereocenters. The summed E-state index contributed by atoms with van der Waals surface area (Å²) in [5, 5.41) is 6.86. The van der Waals surface area contributed by atoms with Gasteiger partial charge in [-0.15, -0.1) is 0 Å². The molecule has 0 atom stereocenters. The molecule has 4 heteroatoms. The highest BCUT2D eigenvalue weighted by molar-refractivity contribution is 7.80. The zero-order chi connectivity index (χ0) is 9.52. The maximum atomic E-state index is 5.04. The van der Waals surface area contributed by atoms with Gasteiger partial charge in [0.1, 0.15) is 0 Å². The number of rotatable bonds is 4. The molecule has 0 aliphatic heterocycles. The van der Waals surface area contributed by atoms with Crippen molar-refractivity contribution in [3.05, 3.63) is 24.2 Å². The van der Waals surface area contributed by atoms with Crippen LogP contribution in [-0.2, 0) is 6.54 Å². The van der Waals surface area contributed by atoms with Crippen LogP contribution >= 0.6 is 12.2 Å². The summed E-state index contributed by atoms with van der Waals surface area (Å²) in [7, 11) is 0. The molecule has 0 saturated heterocycles. The van der Waals surface area contributed by atoms with E-state index in [9.17, 15) is 0 Å². The SMILES string of the molecule is CCCNC(=S)NCc1ccoc1. The van der Waals surface area contributed by atoms with Crippen LogP contribution in [-0.4, -0.2) is 11.7 Å². The number of nitrogens with one attached hydrogen (secondary N) is 2. The lowest BCUT2D eigenvalue weighted by Gasteiger charge is -2.07. The fraction of sp³-hybridized carbons (Fsp3) is 0.444. The molecule has 2 N–H and O–H groups in total. The third kappa shape index (κ3) is 3.94. The normalized spacial score (nSPS) is 9.62. The molecule has 0 aliphatic rings. The summed E-state index contributed by atoms with van der Waals surface area (Å²) in [6, 6.07) is 1.91. The van der Waals surface area contributed by atoms with Gasteiger partial charge in [-0.2, -0.15) is 0 Å². The van der Waals surface area contributed by atoms with Crippen molar-refractivity contribution in [2.45, 2.75) is 19.9 Å². The molecule has 0 saturated carbocycles. The molecule has 0 radical (unpaired) electrons. The third-order valence-corrected chi connectivity index (χ3v) is 1.86. The second-order valence-electron chi connectivity index (χ2n) is 2.74. The lowest BCUT2D eigenvalue weighted by atomic mass is 10.3. The molecule has 1 aromatic heterocycles. The van der Waals surface area contributed by atoms with Gasteiger partial charge in [-0.3, -0.25) is 0 Å². The number of hydrogen-bond donors (Lipinski definition) is 2. The van der Waals surface area contributed by atoms with E-state index in [4.69, 9.17) is 16.6 Å². The van der Waals surface area contributed by atoms with Crippen LogP contribution in [0.3, 0.4) is 0 Å². The van der Waals surface area contributed by atoms with E-state index in [1.165, 1.54) is 0 Å². The summed E-state index contributed by atoms with van der Waals surface area (Å²) in [6.45, 7) is 3.73. The van der Waals surface area contributed by atoms with E-state index in [1.807, 2.05) is 6.07 Å². The van der Waals surface area contributed by atoms with Gasteiger partial charge in [0, 0.05) is 18.7 Å². The molecule has 1 heterocycles. The topological polar surface area (TPSA) is 37.2 Å². The monoisotopic (exact) mass is 198 g/mol. The predicted octanol–water partition coefficient (Wildman–Crippen LogP) is 1.65. The van der Waals surface area contributed by atoms with Gasteiger partial charge < -0.3 is 15.1 Å². The molecule has 0 bridgehead atoms. The Kier molecular flexibility index (Phi) is 4.32. The molecule has 0 aromatic carbocycles. The van der Waals surface area contributed by atoms with Gasteiger partial charge in [-0.05, 0) is 24.7 Å². The second-order valence-corrected chi connectivity index (χ2v) is 3.15. The number of furan rings is 1. The Hall–Kier alpha value is -1.03. The van der Waals surface area contributed by atoms with E-state index in [-0.39, 0.29) is 0 Å². The Morgan fingerprint density at radius 3 is 3.00 bits per heavy atom. The zero-order valence-electron chi connectivity index (χ0n) is 7.67. The van der Waals surface area contributed by atoms with Gasteiger partial charge in [-0.1, -0.05) is 6.92 Å². The molecular weight excluding hydrogens is 184 g/mol. The minimum absolute atomic E-state index is 0.697. The number of thiocarbonyl (C=S) groups is 1. The van der Waals surface area contributed by atoms with Crippen molar-refractivity contribution < 1.29 is 4.42 Å². The van der Waals surface area contributed by atoms with E-state index in [1.54, 1.807) is 12.5 Å². The first-order valence-corrected chi connectivity index (χ1v) is 4.76. The summed E-state index contributed by atoms with van der Waals surface area (Å²) in [6.07, 6.45) is 4.43. The quantitative estimate of drug-likeness (QED) is 0.721. The van der Waals surface area contributed by atoms with Gasteiger partial charge >= 0.3 is 0 Å². The van der Waals surface area contributed by atoms with Gasteiger partial charge in [-0.25, -0.2) is 0 Å². The maximum absolute atomic E-state index is 5.04. The van der Waals surface area contributed by atoms with E-state index < -0.39 is 0 Å². The molecular formula is C9H14N2OS. The molecule has 1 rings (SSSR count). The summed E-state index contributed by atoms with van der Waals surface area (Å²) in [5.74, 6) is 0. The fourth-order valence-electron chi connectivity index (χ4n) is 0.877. The highest BCUT2D eigenvalue weighted by atomic mass is 32.1. The van der Waals surface area contributed by atoms with Crippen LogP contribution < -0.4 is 10.6 Å². The van der Waals surface area contributed by atoms with E-state index >= 15 is 0 Å². The van der Waals surface area contributed by atoms with Crippen molar-refractivity contribution in [2.24, 2.45) is 0 Å². The Morgan fingerprint density at radius 2 is 2.38 bits per heavy atom. The van der Waals surface area contributed by atoms with Crippen LogP contribution in [0.1, 0.15) is 18.9 Å². The van der Waals surface area contributed by atoms with Crippen molar-refractivity contribution >= 4 is 17.3 Å². The Labute approximate surface area is 83.5 Å². The zero-order valence-corrected chi connectivity index (χ0v) is 8.49. The predicted molar refractivity (Wildman–Crippen MR) is 56.4 cm³/mol. The van der Waals surface area contributed by atoms with Crippen molar-refractivity contribution in [1.29, 1.82) is 0 Å². The third-order valence-electron chi connectivity index (χ3n) is 1.57. The lowest BCUT2D eigenvalue weighted by Crippen LogP contribution is -2.34. The van der Waals surface area contributed by atoms with Crippen LogP contribution in [0.5, 0.6) is 0 Å². The fourth-order valence-corrected chi connectivity index (χ4v) is 1.05. The Bertz CT molecular complexity index is 246. The summed E-state index contributed by atoms with van der Waals surface area (Å²) in [5.41, 5.74) is 1.10. The molecule has 3 nitrogen and oxygen atoms in total. The van der Waals surface area contributed by atoms with E-state index in [0.29, 0.717) is 11.7 Å². The van der Waals surface area contributed by atoms with Crippen LogP contribution in [0.15, 0.2) is 23.0 Å². The first-order valence-electron chi connectivity index (χ1n) is 4.35. The van der Waals surface area contributed by atoms with Gasteiger partial charge in [0.25, 0.3) is 0 Å². The molecule has 72 valence electrons. The first-order chi connectivity index (χ1) is 6.33. The molecule has 0 spiro atoms. The molecule has 0 aliphatic carbocycles. The molecule has 13 heavy (non-hydrogen) atoms. The van der Waals surface area contributed by atoms with Gasteiger partial charge in [0.05, 0.1) is 12.5 Å². The van der Waals surface area contributed by atoms with E-state index in [2.05, 4.69) is 17.6 Å². The molecule has 0 fully saturated rings. The van der Waals surface area contributed by atoms with Crippen LogP contribution in [0.25, 0.3) is 0 Å². The van der Waals surface area contributed by atoms with Crippen LogP contribution in [0.2, 0.25) is 0 Å². The summed E-state index contributed by atoms with van der Waals surface area (Å²) >= 11 is 5.04. The molecule has 1 aromatic rings. The maximum Gasteiger partial charge on any atom is 0.166 e. The largest absolute Gasteiger partial charge is 0.472 e. The highest BCUT2D eigenvalue weighted by Gasteiger charge is 1.95. The average molecular weight is 198 g/mol. The van der Waals surface area contributed by atoms with Crippen molar-refractivity contribution in [1.82, 2.24) is 10.6 Å². The van der Waals surface area contributed by atoms with Crippen LogP contribution in [0.4, 0.5) is 0 Å². The lowest BCUT2D eigenvalue weighted by molar-refractivity contribution is 0.563. The van der Waals surface area contributed by atoms with Gasteiger partial charge in [0.15, 0.2) is 5.11 Å². The smallest absolute Gasteiger partial charge is 0.166 e. The van der Waals surface area contributed by atoms with Crippen molar-refractivity contribution in [2.75, 3.05) is 6.54 Å². The van der Waals surface area contributed by atoms with Gasteiger partial charge in [0.2, 0.25) is 0 Å². The van der Waals surface area contributed by atoms with Crippen LogP contribution in [0, 0.1) is 0 Å². The average Bonchev–Trinajstić information content (AvgIpc) is 2.64. The standard InChI is InChI=1S/C9H14N2OS/c1-2-4-10-9(13)11-6-8-3-5-12-7-8/h3,5,7H,2,4,6H2,1H3,(H2,10,11,13). The minimum atomic E-state index is 0.697. The first kappa shape index (κ1) is 10.1.